The first-order valence-corrected chi connectivity index (χ1v) is 8.83. The van der Waals surface area contributed by atoms with Crippen molar-refractivity contribution in [3.63, 3.8) is 0 Å². The summed E-state index contributed by atoms with van der Waals surface area (Å²) in [5.74, 6) is 0.603. The van der Waals surface area contributed by atoms with Crippen LogP contribution < -0.4 is 5.32 Å². The minimum absolute atomic E-state index is 0.0925. The lowest BCUT2D eigenvalue weighted by Gasteiger charge is -2.29. The summed E-state index contributed by atoms with van der Waals surface area (Å²) in [6, 6.07) is 7.26. The summed E-state index contributed by atoms with van der Waals surface area (Å²) in [5.41, 5.74) is 2.01. The summed E-state index contributed by atoms with van der Waals surface area (Å²) in [7, 11) is 0. The van der Waals surface area contributed by atoms with Gasteiger partial charge in [0.15, 0.2) is 5.76 Å². The molecule has 134 valence electrons. The number of carbonyl (C=O) groups excluding carboxylic acids is 1. The van der Waals surface area contributed by atoms with E-state index in [1.54, 1.807) is 18.4 Å². The second kappa shape index (κ2) is 8.27. The Morgan fingerprint density at radius 1 is 1.36 bits per heavy atom. The second-order valence-corrected chi connectivity index (χ2v) is 6.49. The maximum atomic E-state index is 12.3. The van der Waals surface area contributed by atoms with E-state index in [0.717, 1.165) is 44.6 Å². The number of nitrogens with one attached hydrogen (secondary N) is 1. The van der Waals surface area contributed by atoms with Crippen molar-refractivity contribution < 1.29 is 14.3 Å². The van der Waals surface area contributed by atoms with Gasteiger partial charge in [0.25, 0.3) is 5.91 Å². The van der Waals surface area contributed by atoms with Crippen molar-refractivity contribution in [3.8, 4) is 11.5 Å². The van der Waals surface area contributed by atoms with Crippen LogP contribution in [0.15, 0.2) is 34.9 Å². The van der Waals surface area contributed by atoms with E-state index in [4.69, 9.17) is 4.42 Å². The molecule has 0 radical (unpaired) electrons. The lowest BCUT2D eigenvalue weighted by Crippen LogP contribution is -2.37. The smallest absolute Gasteiger partial charge is 0.253 e. The fourth-order valence-corrected chi connectivity index (χ4v) is 3.11. The molecule has 3 heterocycles. The lowest BCUT2D eigenvalue weighted by atomic mass is 10.1. The summed E-state index contributed by atoms with van der Waals surface area (Å²) in [6.45, 7) is 5.29. The fourth-order valence-electron chi connectivity index (χ4n) is 3.11. The number of aliphatic hydroxyl groups excluding tert-OH is 1. The summed E-state index contributed by atoms with van der Waals surface area (Å²) in [4.78, 5) is 19.1. The maximum Gasteiger partial charge on any atom is 0.253 e. The summed E-state index contributed by atoms with van der Waals surface area (Å²) in [5, 5.41) is 12.5. The molecular weight excluding hydrogens is 318 g/mol. The molecule has 3 rings (SSSR count). The van der Waals surface area contributed by atoms with Crippen molar-refractivity contribution in [2.24, 2.45) is 0 Å². The number of carbonyl (C=O) groups is 1. The van der Waals surface area contributed by atoms with Crippen molar-refractivity contribution in [2.75, 3.05) is 26.2 Å². The molecule has 1 aliphatic heterocycles. The zero-order chi connectivity index (χ0) is 17.6. The molecule has 2 N–H and O–H groups in total. The van der Waals surface area contributed by atoms with E-state index in [-0.39, 0.29) is 12.0 Å². The Morgan fingerprint density at radius 2 is 2.16 bits per heavy atom. The minimum atomic E-state index is -0.143. The van der Waals surface area contributed by atoms with Gasteiger partial charge in [-0.15, -0.1) is 0 Å². The number of hydrogen-bond acceptors (Lipinski definition) is 5. The van der Waals surface area contributed by atoms with E-state index in [0.29, 0.717) is 23.6 Å². The number of aryl methyl sites for hydroxylation is 1. The standard InChI is InChI=1S/C19H25N3O3/c1-14-16(5-6-17(21-14)18-4-2-13-25-18)19(24)20-9-3-10-22-11-7-15(23)8-12-22/h2,4-6,13,15,23H,3,7-12H2,1H3,(H,20,24). The predicted octanol–water partition coefficient (Wildman–Crippen LogP) is 2.23. The normalized spacial score (nSPS) is 16.1. The van der Waals surface area contributed by atoms with Crippen LogP contribution in [0.2, 0.25) is 0 Å². The van der Waals surface area contributed by atoms with Crippen LogP contribution in [-0.2, 0) is 0 Å². The number of piperidine rings is 1. The number of nitrogens with zero attached hydrogens (tertiary/aromatic N) is 2. The van der Waals surface area contributed by atoms with Gasteiger partial charge in [-0.25, -0.2) is 4.98 Å². The molecule has 1 aliphatic rings. The van der Waals surface area contributed by atoms with Crippen LogP contribution in [0.3, 0.4) is 0 Å². The Kier molecular flexibility index (Phi) is 5.83. The Bertz CT molecular complexity index is 692. The molecule has 6 heteroatoms. The largest absolute Gasteiger partial charge is 0.463 e. The number of rotatable bonds is 6. The van der Waals surface area contributed by atoms with Gasteiger partial charge in [0.2, 0.25) is 0 Å². The molecule has 2 aromatic rings. The van der Waals surface area contributed by atoms with Gasteiger partial charge >= 0.3 is 0 Å². The monoisotopic (exact) mass is 343 g/mol. The third kappa shape index (κ3) is 4.67. The fraction of sp³-hybridized carbons (Fsp3) is 0.474. The number of likely N-dealkylation sites (tertiary alicyclic amines) is 1. The SMILES string of the molecule is Cc1nc(-c2ccco2)ccc1C(=O)NCCCN1CCC(O)CC1. The van der Waals surface area contributed by atoms with E-state index in [9.17, 15) is 9.90 Å². The number of aromatic nitrogens is 1. The Hall–Kier alpha value is -2.18. The van der Waals surface area contributed by atoms with Crippen LogP contribution in [0.5, 0.6) is 0 Å². The van der Waals surface area contributed by atoms with Crippen molar-refractivity contribution in [3.05, 3.63) is 41.8 Å². The zero-order valence-corrected chi connectivity index (χ0v) is 14.6. The van der Waals surface area contributed by atoms with E-state index in [2.05, 4.69) is 15.2 Å². The number of amides is 1. The molecule has 1 saturated heterocycles. The van der Waals surface area contributed by atoms with Gasteiger partial charge in [-0.1, -0.05) is 0 Å². The van der Waals surface area contributed by atoms with Crippen molar-refractivity contribution in [2.45, 2.75) is 32.3 Å². The molecule has 1 fully saturated rings. The molecule has 25 heavy (non-hydrogen) atoms. The van der Waals surface area contributed by atoms with Crippen LogP contribution in [0, 0.1) is 6.92 Å². The van der Waals surface area contributed by atoms with Crippen LogP contribution in [-0.4, -0.2) is 53.2 Å². The number of aliphatic hydroxyl groups is 1. The zero-order valence-electron chi connectivity index (χ0n) is 14.6. The molecule has 0 bridgehead atoms. The average Bonchev–Trinajstić information content (AvgIpc) is 3.14. The molecule has 0 atom stereocenters. The summed E-state index contributed by atoms with van der Waals surface area (Å²) >= 11 is 0. The molecule has 1 amide bonds. The highest BCUT2D eigenvalue weighted by Crippen LogP contribution is 2.19. The summed E-state index contributed by atoms with van der Waals surface area (Å²) in [6.07, 6.45) is 4.06. The van der Waals surface area contributed by atoms with Gasteiger partial charge < -0.3 is 19.7 Å². The van der Waals surface area contributed by atoms with Crippen LogP contribution in [0.1, 0.15) is 35.3 Å². The molecule has 0 spiro atoms. The van der Waals surface area contributed by atoms with Gasteiger partial charge in [-0.2, -0.15) is 0 Å². The van der Waals surface area contributed by atoms with E-state index < -0.39 is 0 Å². The van der Waals surface area contributed by atoms with Crippen LogP contribution in [0.25, 0.3) is 11.5 Å². The van der Waals surface area contributed by atoms with Gasteiger partial charge in [0.05, 0.1) is 23.6 Å². The van der Waals surface area contributed by atoms with Crippen molar-refractivity contribution >= 4 is 5.91 Å². The minimum Gasteiger partial charge on any atom is -0.463 e. The Labute approximate surface area is 147 Å². The average molecular weight is 343 g/mol. The quantitative estimate of drug-likeness (QED) is 0.787. The highest BCUT2D eigenvalue weighted by molar-refractivity contribution is 5.95. The van der Waals surface area contributed by atoms with Gasteiger partial charge in [0, 0.05) is 19.6 Å². The van der Waals surface area contributed by atoms with Crippen LogP contribution in [0.4, 0.5) is 0 Å². The topological polar surface area (TPSA) is 78.6 Å². The maximum absolute atomic E-state index is 12.3. The van der Waals surface area contributed by atoms with Crippen LogP contribution >= 0.6 is 0 Å². The Morgan fingerprint density at radius 3 is 2.84 bits per heavy atom. The van der Waals surface area contributed by atoms with Gasteiger partial charge in [-0.05, 0) is 57.0 Å². The number of furan rings is 1. The molecular formula is C19H25N3O3. The first-order valence-electron chi connectivity index (χ1n) is 8.83. The van der Waals surface area contributed by atoms with E-state index >= 15 is 0 Å². The molecule has 0 aliphatic carbocycles. The third-order valence-electron chi connectivity index (χ3n) is 4.60. The lowest BCUT2D eigenvalue weighted by molar-refractivity contribution is 0.0816. The van der Waals surface area contributed by atoms with Crippen molar-refractivity contribution in [1.82, 2.24) is 15.2 Å². The number of pyridine rings is 1. The molecule has 2 aromatic heterocycles. The highest BCUT2D eigenvalue weighted by Gasteiger charge is 2.16. The first-order chi connectivity index (χ1) is 12.1. The first kappa shape index (κ1) is 17.6. The van der Waals surface area contributed by atoms with Gasteiger partial charge in [0.1, 0.15) is 5.69 Å². The predicted molar refractivity (Wildman–Crippen MR) is 95.3 cm³/mol. The molecule has 0 aromatic carbocycles. The summed E-state index contributed by atoms with van der Waals surface area (Å²) < 4.78 is 5.34. The highest BCUT2D eigenvalue weighted by atomic mass is 16.3. The molecule has 0 saturated carbocycles. The Balaban J connectivity index is 1.46. The van der Waals surface area contributed by atoms with Crippen molar-refractivity contribution in [1.29, 1.82) is 0 Å². The molecule has 0 unspecified atom stereocenters. The second-order valence-electron chi connectivity index (χ2n) is 6.49. The molecule has 6 nitrogen and oxygen atoms in total. The van der Waals surface area contributed by atoms with E-state index in [1.165, 1.54) is 0 Å². The van der Waals surface area contributed by atoms with E-state index in [1.807, 2.05) is 19.1 Å². The third-order valence-corrected chi connectivity index (χ3v) is 4.60. The van der Waals surface area contributed by atoms with Gasteiger partial charge in [-0.3, -0.25) is 4.79 Å². The number of hydrogen-bond donors (Lipinski definition) is 2.